The van der Waals surface area contributed by atoms with Gasteiger partial charge in [0.15, 0.2) is 0 Å². The minimum atomic E-state index is 0.431. The fourth-order valence-electron chi connectivity index (χ4n) is 1.75. The molecular formula is C16H29+. The SMILES string of the molecule is C=CC([CH+]C)=C(CC)CCC(C)(C)C(C)C. The Morgan fingerprint density at radius 1 is 1.38 bits per heavy atom. The molecule has 0 nitrogen and oxygen atoms in total. The van der Waals surface area contributed by atoms with E-state index in [0.29, 0.717) is 5.41 Å². The van der Waals surface area contributed by atoms with Crippen molar-refractivity contribution in [1.29, 1.82) is 0 Å². The fraction of sp³-hybridized carbons (Fsp3) is 0.688. The van der Waals surface area contributed by atoms with E-state index in [1.165, 1.54) is 18.4 Å². The van der Waals surface area contributed by atoms with Gasteiger partial charge in [-0.3, -0.25) is 0 Å². The van der Waals surface area contributed by atoms with Gasteiger partial charge in [0.25, 0.3) is 0 Å². The van der Waals surface area contributed by atoms with E-state index in [1.807, 2.05) is 6.08 Å². The van der Waals surface area contributed by atoms with Crippen LogP contribution in [0.4, 0.5) is 0 Å². The summed E-state index contributed by atoms with van der Waals surface area (Å²) in [5.41, 5.74) is 3.31. The highest BCUT2D eigenvalue weighted by atomic mass is 14.3. The Kier molecular flexibility index (Phi) is 6.55. The van der Waals surface area contributed by atoms with Gasteiger partial charge < -0.3 is 0 Å². The first kappa shape index (κ1) is 15.3. The molecule has 16 heavy (non-hydrogen) atoms. The first-order valence-electron chi connectivity index (χ1n) is 6.52. The lowest BCUT2D eigenvalue weighted by molar-refractivity contribution is 0.229. The Labute approximate surface area is 103 Å². The van der Waals surface area contributed by atoms with E-state index >= 15 is 0 Å². The second-order valence-electron chi connectivity index (χ2n) is 5.55. The van der Waals surface area contributed by atoms with Crippen LogP contribution in [-0.4, -0.2) is 0 Å². The second kappa shape index (κ2) is 6.83. The Morgan fingerprint density at radius 2 is 1.94 bits per heavy atom. The van der Waals surface area contributed by atoms with Crippen molar-refractivity contribution in [3.8, 4) is 0 Å². The van der Waals surface area contributed by atoms with Crippen LogP contribution in [0, 0.1) is 17.8 Å². The molecule has 0 spiro atoms. The molecule has 0 saturated carbocycles. The first-order valence-corrected chi connectivity index (χ1v) is 6.52. The minimum Gasteiger partial charge on any atom is -0.0623 e. The highest BCUT2D eigenvalue weighted by molar-refractivity contribution is 5.30. The van der Waals surface area contributed by atoms with Gasteiger partial charge in [0.2, 0.25) is 0 Å². The zero-order valence-corrected chi connectivity index (χ0v) is 12.1. The lowest BCUT2D eigenvalue weighted by Gasteiger charge is -2.29. The Bertz CT molecular complexity index is 241. The van der Waals surface area contributed by atoms with Crippen LogP contribution >= 0.6 is 0 Å². The summed E-state index contributed by atoms with van der Waals surface area (Å²) in [6, 6.07) is 0. The molecule has 0 rings (SSSR count). The third-order valence-corrected chi connectivity index (χ3v) is 4.00. The van der Waals surface area contributed by atoms with Gasteiger partial charge in [-0.05, 0) is 31.3 Å². The minimum absolute atomic E-state index is 0.431. The molecule has 0 unspecified atom stereocenters. The van der Waals surface area contributed by atoms with Crippen LogP contribution in [0.5, 0.6) is 0 Å². The highest BCUT2D eigenvalue weighted by Gasteiger charge is 2.23. The van der Waals surface area contributed by atoms with Crippen LogP contribution in [0.25, 0.3) is 0 Å². The summed E-state index contributed by atoms with van der Waals surface area (Å²) in [7, 11) is 0. The summed E-state index contributed by atoms with van der Waals surface area (Å²) >= 11 is 0. The van der Waals surface area contributed by atoms with Crippen molar-refractivity contribution in [2.24, 2.45) is 11.3 Å². The fourth-order valence-corrected chi connectivity index (χ4v) is 1.75. The molecule has 0 bridgehead atoms. The van der Waals surface area contributed by atoms with E-state index in [2.05, 4.69) is 54.5 Å². The summed E-state index contributed by atoms with van der Waals surface area (Å²) in [6.07, 6.45) is 7.77. The van der Waals surface area contributed by atoms with E-state index in [1.54, 1.807) is 5.57 Å². The molecule has 0 aromatic heterocycles. The van der Waals surface area contributed by atoms with Crippen LogP contribution in [0.1, 0.15) is 60.8 Å². The van der Waals surface area contributed by atoms with Crippen molar-refractivity contribution in [3.63, 3.8) is 0 Å². The van der Waals surface area contributed by atoms with Crippen molar-refractivity contribution >= 4 is 0 Å². The predicted octanol–water partition coefficient (Wildman–Crippen LogP) is 5.57. The van der Waals surface area contributed by atoms with Gasteiger partial charge in [-0.2, -0.15) is 0 Å². The smallest absolute Gasteiger partial charge is 0.0623 e. The lowest BCUT2D eigenvalue weighted by Crippen LogP contribution is -2.19. The Balaban J connectivity index is 4.59. The van der Waals surface area contributed by atoms with Gasteiger partial charge in [0.05, 0.1) is 0 Å². The van der Waals surface area contributed by atoms with Gasteiger partial charge in [0, 0.05) is 37.8 Å². The van der Waals surface area contributed by atoms with Crippen molar-refractivity contribution in [2.75, 3.05) is 0 Å². The van der Waals surface area contributed by atoms with Crippen molar-refractivity contribution in [2.45, 2.75) is 60.8 Å². The standard InChI is InChI=1S/C16H29/c1-8-14(9-2)15(10-3)11-12-16(6,7)13(4)5/h8-9,13H,1,10-12H2,2-7H3/q+1. The van der Waals surface area contributed by atoms with Crippen LogP contribution < -0.4 is 0 Å². The molecule has 0 fully saturated rings. The summed E-state index contributed by atoms with van der Waals surface area (Å²) in [5, 5.41) is 0. The summed E-state index contributed by atoms with van der Waals surface area (Å²) < 4.78 is 0. The monoisotopic (exact) mass is 221 g/mol. The van der Waals surface area contributed by atoms with E-state index in [9.17, 15) is 0 Å². The van der Waals surface area contributed by atoms with Crippen LogP contribution in [0.2, 0.25) is 0 Å². The van der Waals surface area contributed by atoms with Crippen molar-refractivity contribution < 1.29 is 0 Å². The largest absolute Gasteiger partial charge is 0.127 e. The van der Waals surface area contributed by atoms with Crippen molar-refractivity contribution in [1.82, 2.24) is 0 Å². The van der Waals surface area contributed by atoms with E-state index < -0.39 is 0 Å². The maximum atomic E-state index is 3.89. The molecule has 0 saturated heterocycles. The molecule has 0 aliphatic rings. The molecule has 0 aromatic carbocycles. The van der Waals surface area contributed by atoms with Crippen molar-refractivity contribution in [3.05, 3.63) is 30.2 Å². The molecule has 0 amide bonds. The molecule has 92 valence electrons. The predicted molar refractivity (Wildman–Crippen MR) is 75.3 cm³/mol. The van der Waals surface area contributed by atoms with E-state index in [4.69, 9.17) is 0 Å². The number of hydrogen-bond donors (Lipinski definition) is 0. The molecule has 0 heterocycles. The van der Waals surface area contributed by atoms with Gasteiger partial charge in [-0.25, -0.2) is 0 Å². The Morgan fingerprint density at radius 3 is 2.25 bits per heavy atom. The second-order valence-corrected chi connectivity index (χ2v) is 5.55. The normalized spacial score (nSPS) is 13.7. The van der Waals surface area contributed by atoms with Crippen LogP contribution in [-0.2, 0) is 0 Å². The number of rotatable bonds is 7. The molecule has 0 aliphatic carbocycles. The lowest BCUT2D eigenvalue weighted by atomic mass is 9.76. The van der Waals surface area contributed by atoms with Gasteiger partial charge in [0.1, 0.15) is 5.57 Å². The highest BCUT2D eigenvalue weighted by Crippen LogP contribution is 2.34. The quantitative estimate of drug-likeness (QED) is 0.389. The molecule has 0 aliphatic heterocycles. The summed E-state index contributed by atoms with van der Waals surface area (Å²) in [6.45, 7) is 17.6. The van der Waals surface area contributed by atoms with Gasteiger partial charge >= 0.3 is 0 Å². The zero-order valence-electron chi connectivity index (χ0n) is 12.1. The van der Waals surface area contributed by atoms with Gasteiger partial charge in [-0.1, -0.05) is 27.7 Å². The molecule has 0 N–H and O–H groups in total. The number of allylic oxidation sites excluding steroid dienone is 3. The molecule has 0 radical (unpaired) electrons. The Hall–Kier alpha value is -0.650. The summed E-state index contributed by atoms with van der Waals surface area (Å²) in [4.78, 5) is 0. The third kappa shape index (κ3) is 4.47. The van der Waals surface area contributed by atoms with E-state index in [-0.39, 0.29) is 0 Å². The average Bonchev–Trinajstić information content (AvgIpc) is 2.23. The van der Waals surface area contributed by atoms with Crippen LogP contribution in [0.3, 0.4) is 0 Å². The zero-order chi connectivity index (χ0) is 12.8. The maximum Gasteiger partial charge on any atom is 0.127 e. The summed E-state index contributed by atoms with van der Waals surface area (Å²) in [5.74, 6) is 0.739. The molecular weight excluding hydrogens is 192 g/mol. The third-order valence-electron chi connectivity index (χ3n) is 4.00. The molecule has 0 atom stereocenters. The first-order chi connectivity index (χ1) is 7.38. The van der Waals surface area contributed by atoms with Gasteiger partial charge in [-0.15, -0.1) is 0 Å². The number of hydrogen-bond acceptors (Lipinski definition) is 0. The molecule has 0 aromatic rings. The van der Waals surface area contributed by atoms with E-state index in [0.717, 1.165) is 12.3 Å². The topological polar surface area (TPSA) is 0 Å². The van der Waals surface area contributed by atoms with Crippen LogP contribution in [0.15, 0.2) is 23.8 Å². The average molecular weight is 221 g/mol. The maximum absolute atomic E-state index is 3.89. The molecule has 0 heteroatoms.